The van der Waals surface area contributed by atoms with Crippen LogP contribution in [-0.4, -0.2) is 57.6 Å². The van der Waals surface area contributed by atoms with E-state index in [0.717, 1.165) is 68.4 Å². The number of fused-ring (bicyclic) bond motifs is 1. The first kappa shape index (κ1) is 31.0. The summed E-state index contributed by atoms with van der Waals surface area (Å²) in [5.74, 6) is -0.0438. The number of halogens is 1. The number of hydrogen-bond donors (Lipinski definition) is 1. The van der Waals surface area contributed by atoms with Gasteiger partial charge in [0.05, 0.1) is 18.0 Å². The van der Waals surface area contributed by atoms with Crippen molar-refractivity contribution in [2.45, 2.75) is 58.4 Å². The molecular formula is C33H42FN5O3. The first-order chi connectivity index (χ1) is 20.4. The normalized spacial score (nSPS) is 13.1. The number of carbonyl (C=O) groups is 2. The third kappa shape index (κ3) is 8.28. The summed E-state index contributed by atoms with van der Waals surface area (Å²) in [6.45, 7) is 5.34. The molecule has 0 aliphatic carbocycles. The number of aromatic nitrogens is 3. The van der Waals surface area contributed by atoms with Crippen LogP contribution in [0, 0.1) is 12.7 Å². The molecule has 5 rings (SSSR count). The Hall–Kier alpha value is -3.98. The van der Waals surface area contributed by atoms with Gasteiger partial charge in [-0.3, -0.25) is 9.59 Å². The second kappa shape index (κ2) is 15.3. The molecule has 0 unspecified atom stereocenters. The zero-order chi connectivity index (χ0) is 29.9. The summed E-state index contributed by atoms with van der Waals surface area (Å²) in [7, 11) is 3.47. The number of amides is 2. The van der Waals surface area contributed by atoms with Crippen LogP contribution in [0.2, 0.25) is 0 Å². The number of para-hydroxylation sites is 1. The zero-order valence-electron chi connectivity index (χ0n) is 24.9. The van der Waals surface area contributed by atoms with E-state index in [1.165, 1.54) is 18.1 Å². The molecule has 2 aromatic carbocycles. The molecule has 0 spiro atoms. The van der Waals surface area contributed by atoms with Gasteiger partial charge in [-0.2, -0.15) is 0 Å². The minimum absolute atomic E-state index is 0.150. The van der Waals surface area contributed by atoms with E-state index in [9.17, 15) is 14.0 Å². The van der Waals surface area contributed by atoms with Crippen molar-refractivity contribution in [1.82, 2.24) is 19.0 Å². The van der Waals surface area contributed by atoms with Crippen LogP contribution in [0.25, 0.3) is 10.9 Å². The number of likely N-dealkylation sites (tertiary alicyclic amines) is 1. The van der Waals surface area contributed by atoms with Gasteiger partial charge in [0, 0.05) is 64.1 Å². The molecule has 2 aromatic heterocycles. The van der Waals surface area contributed by atoms with Crippen LogP contribution in [0.3, 0.4) is 0 Å². The summed E-state index contributed by atoms with van der Waals surface area (Å²) in [5, 5.41) is 3.87. The minimum atomic E-state index is -0.176. The molecule has 42 heavy (non-hydrogen) atoms. The summed E-state index contributed by atoms with van der Waals surface area (Å²) in [5.41, 5.74) is 4.27. The van der Waals surface area contributed by atoms with Gasteiger partial charge in [-0.25, -0.2) is 9.37 Å². The van der Waals surface area contributed by atoms with Crippen molar-refractivity contribution >= 4 is 28.4 Å². The summed E-state index contributed by atoms with van der Waals surface area (Å²) >= 11 is 0. The molecule has 1 N–H and O–H groups in total. The molecule has 2 amide bonds. The van der Waals surface area contributed by atoms with Crippen LogP contribution < -0.4 is 5.32 Å². The Morgan fingerprint density at radius 1 is 1.05 bits per heavy atom. The Kier molecular flexibility index (Phi) is 11.3. The lowest BCUT2D eigenvalue weighted by molar-refractivity contribution is -0.132. The van der Waals surface area contributed by atoms with Crippen molar-refractivity contribution < 1.29 is 18.7 Å². The first-order valence-corrected chi connectivity index (χ1v) is 14.7. The lowest BCUT2D eigenvalue weighted by Gasteiger charge is -2.26. The molecular weight excluding hydrogens is 533 g/mol. The quantitative estimate of drug-likeness (QED) is 0.231. The van der Waals surface area contributed by atoms with Crippen LogP contribution in [0.1, 0.15) is 60.1 Å². The topological polar surface area (TPSA) is 81.4 Å². The Labute approximate surface area is 247 Å². The molecule has 9 heteroatoms. The lowest BCUT2D eigenvalue weighted by atomic mass is 10.1. The van der Waals surface area contributed by atoms with E-state index < -0.39 is 0 Å². The predicted octanol–water partition coefficient (Wildman–Crippen LogP) is 6.13. The maximum Gasteiger partial charge on any atom is 0.273 e. The molecule has 1 aliphatic rings. The number of carbonyl (C=O) groups excluding carboxylic acids is 2. The van der Waals surface area contributed by atoms with E-state index in [-0.39, 0.29) is 17.6 Å². The number of methoxy groups -OCH3 is 1. The van der Waals surface area contributed by atoms with Crippen molar-refractivity contribution in [3.05, 3.63) is 83.8 Å². The highest BCUT2D eigenvalue weighted by molar-refractivity contribution is 6.02. The number of imidazole rings is 1. The second-order valence-electron chi connectivity index (χ2n) is 10.8. The number of nitrogens with one attached hydrogen (secondary N) is 1. The molecule has 0 saturated carbocycles. The number of benzene rings is 2. The summed E-state index contributed by atoms with van der Waals surface area (Å²) in [6, 6.07) is 13.0. The van der Waals surface area contributed by atoms with Gasteiger partial charge in [0.15, 0.2) is 0 Å². The highest BCUT2D eigenvalue weighted by Gasteiger charge is 2.16. The third-order valence-electron chi connectivity index (χ3n) is 7.62. The van der Waals surface area contributed by atoms with E-state index in [0.29, 0.717) is 24.2 Å². The van der Waals surface area contributed by atoms with E-state index >= 15 is 0 Å². The summed E-state index contributed by atoms with van der Waals surface area (Å²) < 4.78 is 22.4. The van der Waals surface area contributed by atoms with Crippen molar-refractivity contribution in [2.24, 2.45) is 7.05 Å². The molecule has 8 nitrogen and oxygen atoms in total. The smallest absolute Gasteiger partial charge is 0.273 e. The van der Waals surface area contributed by atoms with E-state index in [1.54, 1.807) is 37.3 Å². The number of anilines is 1. The van der Waals surface area contributed by atoms with Gasteiger partial charge in [0.1, 0.15) is 11.5 Å². The molecule has 4 aromatic rings. The molecule has 224 valence electrons. The molecule has 0 radical (unpaired) electrons. The van der Waals surface area contributed by atoms with Crippen LogP contribution in [-0.2, 0) is 29.5 Å². The van der Waals surface area contributed by atoms with E-state index in [2.05, 4.69) is 10.3 Å². The van der Waals surface area contributed by atoms with Crippen molar-refractivity contribution in [3.8, 4) is 0 Å². The van der Waals surface area contributed by atoms with Gasteiger partial charge in [-0.05, 0) is 74.8 Å². The fourth-order valence-corrected chi connectivity index (χ4v) is 5.32. The number of hydrogen-bond acceptors (Lipinski definition) is 4. The van der Waals surface area contributed by atoms with Gasteiger partial charge in [-0.1, -0.05) is 24.3 Å². The number of ether oxygens (including phenoxy) is 1. The molecule has 1 saturated heterocycles. The lowest BCUT2D eigenvalue weighted by Crippen LogP contribution is -2.35. The average molecular weight is 576 g/mol. The van der Waals surface area contributed by atoms with E-state index in [4.69, 9.17) is 4.74 Å². The summed E-state index contributed by atoms with van der Waals surface area (Å²) in [4.78, 5) is 30.3. The maximum atomic E-state index is 13.7. The third-order valence-corrected chi connectivity index (χ3v) is 7.62. The fraction of sp³-hybridized carbons (Fsp3) is 0.424. The minimum Gasteiger partial charge on any atom is -0.385 e. The predicted molar refractivity (Wildman–Crippen MR) is 164 cm³/mol. The largest absolute Gasteiger partial charge is 0.385 e. The fourth-order valence-electron chi connectivity index (χ4n) is 5.32. The SMILES string of the molecule is COCCCn1cc(C)c2cccc(F)c21.Cn1cncc1C(=O)Nc1ccc(CCCC(=O)N2CCCCC2)cc1. The molecule has 0 bridgehead atoms. The first-order valence-electron chi connectivity index (χ1n) is 14.7. The Morgan fingerprint density at radius 2 is 1.81 bits per heavy atom. The molecule has 1 aliphatic heterocycles. The van der Waals surface area contributed by atoms with Crippen LogP contribution >= 0.6 is 0 Å². The second-order valence-corrected chi connectivity index (χ2v) is 10.8. The number of aryl methyl sites for hydroxylation is 4. The van der Waals surface area contributed by atoms with Gasteiger partial charge in [0.2, 0.25) is 5.91 Å². The average Bonchev–Trinajstić information content (AvgIpc) is 3.58. The van der Waals surface area contributed by atoms with Crippen molar-refractivity contribution in [1.29, 1.82) is 0 Å². The van der Waals surface area contributed by atoms with E-state index in [1.807, 2.05) is 52.9 Å². The van der Waals surface area contributed by atoms with Gasteiger partial charge < -0.3 is 24.1 Å². The van der Waals surface area contributed by atoms with Gasteiger partial charge in [0.25, 0.3) is 5.91 Å². The standard InChI is InChI=1S/C20H26N4O2.C13H16FNO/c1-23-15-21-14-18(23)20(26)22-17-10-8-16(9-11-17)6-5-7-19(25)24-12-3-2-4-13-24;1-10-9-15(7-4-8-16-2)13-11(10)5-3-6-12(13)14/h8-11,14-15H,2-7,12-13H2,1H3,(H,22,26);3,5-6,9H,4,7-8H2,1-2H3. The highest BCUT2D eigenvalue weighted by Crippen LogP contribution is 2.23. The highest BCUT2D eigenvalue weighted by atomic mass is 19.1. The number of piperidine rings is 1. The van der Waals surface area contributed by atoms with Crippen molar-refractivity contribution in [3.63, 3.8) is 0 Å². The zero-order valence-corrected chi connectivity index (χ0v) is 24.9. The Balaban J connectivity index is 0.000000216. The monoisotopic (exact) mass is 575 g/mol. The number of rotatable bonds is 10. The summed E-state index contributed by atoms with van der Waals surface area (Å²) in [6.07, 6.45) is 11.9. The maximum absolute atomic E-state index is 13.7. The van der Waals surface area contributed by atoms with Crippen LogP contribution in [0.5, 0.6) is 0 Å². The van der Waals surface area contributed by atoms with Gasteiger partial charge in [-0.15, -0.1) is 0 Å². The van der Waals surface area contributed by atoms with Crippen LogP contribution in [0.15, 0.2) is 61.2 Å². The van der Waals surface area contributed by atoms with Crippen molar-refractivity contribution in [2.75, 3.05) is 32.1 Å². The Bertz CT molecular complexity index is 1450. The molecule has 1 fully saturated rings. The number of nitrogens with zero attached hydrogens (tertiary/aromatic N) is 4. The molecule has 3 heterocycles. The molecule has 0 atom stereocenters. The Morgan fingerprint density at radius 3 is 2.50 bits per heavy atom. The van der Waals surface area contributed by atoms with Gasteiger partial charge >= 0.3 is 0 Å². The van der Waals surface area contributed by atoms with Crippen LogP contribution in [0.4, 0.5) is 10.1 Å².